The van der Waals surface area contributed by atoms with E-state index in [4.69, 9.17) is 10.5 Å². The third-order valence-corrected chi connectivity index (χ3v) is 2.59. The van der Waals surface area contributed by atoms with Gasteiger partial charge in [-0.15, -0.1) is 5.10 Å². The number of rotatable bonds is 5. The second-order valence-corrected chi connectivity index (χ2v) is 4.09. The van der Waals surface area contributed by atoms with Gasteiger partial charge in [-0.2, -0.15) is 5.10 Å². The molecule has 0 radical (unpaired) electrons. The van der Waals surface area contributed by atoms with E-state index < -0.39 is 0 Å². The topological polar surface area (TPSA) is 86.0 Å². The molecule has 1 aromatic carbocycles. The summed E-state index contributed by atoms with van der Waals surface area (Å²) in [6, 6.07) is 7.52. The molecule has 0 unspecified atom stereocenters. The molecule has 2 rings (SSSR count). The maximum atomic E-state index is 5.40. The summed E-state index contributed by atoms with van der Waals surface area (Å²) in [5, 5.41) is 11.1. The molecule has 1 aromatic heterocycles. The Morgan fingerprint density at radius 1 is 1.11 bits per heavy atom. The average Bonchev–Trinajstić information content (AvgIpc) is 2.42. The minimum atomic E-state index is 0.485. The second kappa shape index (κ2) is 6.10. The Morgan fingerprint density at radius 3 is 2.47 bits per heavy atom. The quantitative estimate of drug-likeness (QED) is 0.847. The largest absolute Gasteiger partial charge is 0.492 e. The molecule has 0 spiro atoms. The van der Waals surface area contributed by atoms with Crippen LogP contribution in [0.5, 0.6) is 5.75 Å². The Balaban J connectivity index is 2.04. The van der Waals surface area contributed by atoms with Gasteiger partial charge in [-0.3, -0.25) is 0 Å². The molecule has 0 saturated carbocycles. The monoisotopic (exact) mass is 259 g/mol. The van der Waals surface area contributed by atoms with Gasteiger partial charge in [0.05, 0.1) is 11.4 Å². The number of aromatic nitrogens is 3. The molecule has 6 nitrogen and oxygen atoms in total. The highest BCUT2D eigenvalue weighted by molar-refractivity contribution is 5.54. The molecular formula is C13H17N5O. The highest BCUT2D eigenvalue weighted by Crippen LogP contribution is 2.18. The van der Waals surface area contributed by atoms with Crippen LogP contribution in [0.3, 0.4) is 0 Å². The van der Waals surface area contributed by atoms with Crippen molar-refractivity contribution in [1.82, 2.24) is 15.2 Å². The lowest BCUT2D eigenvalue weighted by Gasteiger charge is -2.07. The Hall–Kier alpha value is -2.21. The number of nitrogens with one attached hydrogen (secondary N) is 1. The van der Waals surface area contributed by atoms with Gasteiger partial charge in [-0.1, -0.05) is 0 Å². The highest BCUT2D eigenvalue weighted by atomic mass is 16.5. The Bertz CT molecular complexity index is 541. The van der Waals surface area contributed by atoms with Gasteiger partial charge >= 0.3 is 0 Å². The summed E-state index contributed by atoms with van der Waals surface area (Å²) < 4.78 is 5.40. The van der Waals surface area contributed by atoms with E-state index in [1.165, 1.54) is 0 Å². The third kappa shape index (κ3) is 3.62. The zero-order valence-corrected chi connectivity index (χ0v) is 11.1. The van der Waals surface area contributed by atoms with Crippen LogP contribution >= 0.6 is 0 Å². The number of hydrogen-bond acceptors (Lipinski definition) is 6. The van der Waals surface area contributed by atoms with Gasteiger partial charge in [0.2, 0.25) is 5.95 Å². The molecule has 0 bridgehead atoms. The normalized spacial score (nSPS) is 10.3. The van der Waals surface area contributed by atoms with E-state index in [9.17, 15) is 0 Å². The van der Waals surface area contributed by atoms with Crippen molar-refractivity contribution >= 4 is 11.6 Å². The van der Waals surface area contributed by atoms with Crippen molar-refractivity contribution in [3.8, 4) is 5.75 Å². The van der Waals surface area contributed by atoms with Crippen LogP contribution in [-0.2, 0) is 0 Å². The van der Waals surface area contributed by atoms with E-state index in [1.54, 1.807) is 0 Å². The summed E-state index contributed by atoms with van der Waals surface area (Å²) >= 11 is 0. The first-order chi connectivity index (χ1) is 9.19. The fraction of sp³-hybridized carbons (Fsp3) is 0.308. The summed E-state index contributed by atoms with van der Waals surface area (Å²) in [5.41, 5.74) is 7.94. The van der Waals surface area contributed by atoms with Crippen molar-refractivity contribution in [1.29, 1.82) is 0 Å². The van der Waals surface area contributed by atoms with Gasteiger partial charge in [0.15, 0.2) is 0 Å². The van der Waals surface area contributed by atoms with Crippen LogP contribution in [0, 0.1) is 13.8 Å². The van der Waals surface area contributed by atoms with E-state index in [2.05, 4.69) is 20.5 Å². The zero-order valence-electron chi connectivity index (χ0n) is 11.1. The number of aryl methyl sites for hydroxylation is 2. The molecule has 0 atom stereocenters. The molecule has 100 valence electrons. The second-order valence-electron chi connectivity index (χ2n) is 4.09. The highest BCUT2D eigenvalue weighted by Gasteiger charge is 2.02. The molecule has 0 aliphatic carbocycles. The summed E-state index contributed by atoms with van der Waals surface area (Å²) in [4.78, 5) is 4.31. The molecule has 0 aliphatic heterocycles. The molecule has 0 aliphatic rings. The van der Waals surface area contributed by atoms with Crippen LogP contribution in [0.2, 0.25) is 0 Å². The van der Waals surface area contributed by atoms with Crippen molar-refractivity contribution in [2.24, 2.45) is 5.73 Å². The number of nitrogens with two attached hydrogens (primary N) is 1. The van der Waals surface area contributed by atoms with Gasteiger partial charge in [0.25, 0.3) is 0 Å². The maximum absolute atomic E-state index is 5.40. The summed E-state index contributed by atoms with van der Waals surface area (Å²) in [5.74, 6) is 1.27. The lowest BCUT2D eigenvalue weighted by molar-refractivity contribution is 0.328. The first-order valence-corrected chi connectivity index (χ1v) is 6.07. The van der Waals surface area contributed by atoms with Crippen LogP contribution in [0.1, 0.15) is 11.4 Å². The van der Waals surface area contributed by atoms with Gasteiger partial charge in [0.1, 0.15) is 12.4 Å². The van der Waals surface area contributed by atoms with Crippen LogP contribution in [0.25, 0.3) is 0 Å². The molecule has 0 amide bonds. The van der Waals surface area contributed by atoms with Crippen LogP contribution in [0.4, 0.5) is 11.6 Å². The predicted octanol–water partition coefficient (Wildman–Crippen LogP) is 1.57. The zero-order chi connectivity index (χ0) is 13.7. The van der Waals surface area contributed by atoms with Gasteiger partial charge < -0.3 is 15.8 Å². The first-order valence-electron chi connectivity index (χ1n) is 6.07. The van der Waals surface area contributed by atoms with Crippen molar-refractivity contribution in [3.05, 3.63) is 35.7 Å². The first kappa shape index (κ1) is 13.2. The lowest BCUT2D eigenvalue weighted by Crippen LogP contribution is -2.10. The van der Waals surface area contributed by atoms with E-state index >= 15 is 0 Å². The Labute approximate surface area is 112 Å². The number of benzene rings is 1. The van der Waals surface area contributed by atoms with Crippen LogP contribution < -0.4 is 15.8 Å². The number of ether oxygens (including phenoxy) is 1. The maximum Gasteiger partial charge on any atom is 0.247 e. The molecule has 2 aromatic rings. The molecule has 1 heterocycles. The molecular weight excluding hydrogens is 242 g/mol. The van der Waals surface area contributed by atoms with E-state index in [0.717, 1.165) is 22.8 Å². The molecule has 3 N–H and O–H groups in total. The average molecular weight is 259 g/mol. The number of anilines is 2. The number of nitrogens with zero attached hydrogens (tertiary/aromatic N) is 3. The summed E-state index contributed by atoms with van der Waals surface area (Å²) in [6.07, 6.45) is 0. The van der Waals surface area contributed by atoms with E-state index in [1.807, 2.05) is 38.1 Å². The fourth-order valence-corrected chi connectivity index (χ4v) is 1.45. The Morgan fingerprint density at radius 2 is 1.84 bits per heavy atom. The predicted molar refractivity (Wildman–Crippen MR) is 73.6 cm³/mol. The van der Waals surface area contributed by atoms with Crippen molar-refractivity contribution in [2.45, 2.75) is 13.8 Å². The van der Waals surface area contributed by atoms with Crippen molar-refractivity contribution in [3.63, 3.8) is 0 Å². The van der Waals surface area contributed by atoms with Gasteiger partial charge in [-0.05, 0) is 38.1 Å². The number of hydrogen-bond donors (Lipinski definition) is 2. The van der Waals surface area contributed by atoms with Gasteiger partial charge in [-0.25, -0.2) is 4.98 Å². The summed E-state index contributed by atoms with van der Waals surface area (Å²) in [7, 11) is 0. The standard InChI is InChI=1S/C13H17N5O/c1-9-10(2)17-18-13(15-9)16-11-3-5-12(6-4-11)19-8-7-14/h3-6H,7-8,14H2,1-2H3,(H,15,16,18). The molecule has 19 heavy (non-hydrogen) atoms. The molecule has 0 fully saturated rings. The van der Waals surface area contributed by atoms with Crippen LogP contribution in [-0.4, -0.2) is 28.3 Å². The SMILES string of the molecule is Cc1nnc(Nc2ccc(OCCN)cc2)nc1C. The van der Waals surface area contributed by atoms with Gasteiger partial charge in [0, 0.05) is 12.2 Å². The third-order valence-electron chi connectivity index (χ3n) is 2.59. The fourth-order valence-electron chi connectivity index (χ4n) is 1.45. The van der Waals surface area contributed by atoms with E-state index in [0.29, 0.717) is 19.1 Å². The Kier molecular flexibility index (Phi) is 4.25. The van der Waals surface area contributed by atoms with Crippen molar-refractivity contribution in [2.75, 3.05) is 18.5 Å². The van der Waals surface area contributed by atoms with Crippen LogP contribution in [0.15, 0.2) is 24.3 Å². The minimum Gasteiger partial charge on any atom is -0.492 e. The molecule has 6 heteroatoms. The van der Waals surface area contributed by atoms with Crippen molar-refractivity contribution < 1.29 is 4.74 Å². The summed E-state index contributed by atoms with van der Waals surface area (Å²) in [6.45, 7) is 4.79. The minimum absolute atomic E-state index is 0.485. The van der Waals surface area contributed by atoms with E-state index in [-0.39, 0.29) is 0 Å². The smallest absolute Gasteiger partial charge is 0.247 e. The molecule has 0 saturated heterocycles. The lowest BCUT2D eigenvalue weighted by atomic mass is 10.3.